The molecule has 0 aliphatic rings. The van der Waals surface area contributed by atoms with Gasteiger partial charge in [0, 0.05) is 12.1 Å². The zero-order valence-electron chi connectivity index (χ0n) is 21.5. The maximum absolute atomic E-state index is 14.0. The molecule has 0 radical (unpaired) electrons. The van der Waals surface area contributed by atoms with Crippen molar-refractivity contribution in [2.45, 2.75) is 25.9 Å². The Morgan fingerprint density at radius 2 is 1.50 bits per heavy atom. The van der Waals surface area contributed by atoms with E-state index in [9.17, 15) is 9.59 Å². The molecule has 1 amide bonds. The Morgan fingerprint density at radius 1 is 0.868 bits per heavy atom. The predicted octanol–water partition coefficient (Wildman–Crippen LogP) is 6.19. The highest BCUT2D eigenvalue weighted by Crippen LogP contribution is 2.31. The van der Waals surface area contributed by atoms with Gasteiger partial charge in [-0.05, 0) is 48.4 Å². The van der Waals surface area contributed by atoms with Crippen molar-refractivity contribution in [2.75, 3.05) is 7.11 Å². The molecule has 0 saturated carbocycles. The van der Waals surface area contributed by atoms with Crippen molar-refractivity contribution in [3.05, 3.63) is 136 Å². The van der Waals surface area contributed by atoms with Crippen LogP contribution >= 0.6 is 0 Å². The fraction of sp³-hybridized carbons (Fsp3) is 0.156. The van der Waals surface area contributed by atoms with E-state index in [-0.39, 0.29) is 11.5 Å². The fourth-order valence-corrected chi connectivity index (χ4v) is 4.81. The number of nitrogens with zero attached hydrogens (tertiary/aromatic N) is 3. The zero-order valence-corrected chi connectivity index (χ0v) is 21.5. The van der Waals surface area contributed by atoms with Crippen LogP contribution in [0.25, 0.3) is 16.6 Å². The number of para-hydroxylation sites is 3. The molecule has 0 spiro atoms. The van der Waals surface area contributed by atoms with Crippen molar-refractivity contribution < 1.29 is 9.53 Å². The number of rotatable bonds is 8. The Labute approximate surface area is 221 Å². The van der Waals surface area contributed by atoms with Crippen LogP contribution in [0.4, 0.5) is 0 Å². The minimum atomic E-state index is -0.495. The van der Waals surface area contributed by atoms with Crippen molar-refractivity contribution >= 4 is 16.8 Å². The summed E-state index contributed by atoms with van der Waals surface area (Å²) < 4.78 is 7.24. The monoisotopic (exact) mass is 503 g/mol. The Bertz CT molecular complexity index is 1610. The quantitative estimate of drug-likeness (QED) is 0.253. The highest BCUT2D eigenvalue weighted by atomic mass is 16.5. The first-order chi connectivity index (χ1) is 18.6. The minimum Gasteiger partial charge on any atom is -0.495 e. The first-order valence-corrected chi connectivity index (χ1v) is 12.7. The van der Waals surface area contributed by atoms with Crippen molar-refractivity contribution in [3.8, 4) is 11.4 Å². The summed E-state index contributed by atoms with van der Waals surface area (Å²) in [5.74, 6) is 0.906. The number of hydrogen-bond acceptors (Lipinski definition) is 4. The molecule has 38 heavy (non-hydrogen) atoms. The number of carbonyl (C=O) groups excluding carboxylic acids is 1. The molecule has 5 aromatic rings. The van der Waals surface area contributed by atoms with Crippen LogP contribution in [-0.4, -0.2) is 27.5 Å². The van der Waals surface area contributed by atoms with Crippen molar-refractivity contribution in [1.82, 2.24) is 14.5 Å². The molecular weight excluding hydrogens is 474 g/mol. The lowest BCUT2D eigenvalue weighted by atomic mass is 10.1. The van der Waals surface area contributed by atoms with E-state index in [1.165, 1.54) is 0 Å². The SMILES string of the molecule is CCC(c1nc2ccccc2c(=O)n1-c1ccccc1OC)N(Cc1ccccc1)C(=O)c1ccccc1. The summed E-state index contributed by atoms with van der Waals surface area (Å²) in [6.07, 6.45) is 0.547. The highest BCUT2D eigenvalue weighted by molar-refractivity contribution is 5.94. The first kappa shape index (κ1) is 25.0. The lowest BCUT2D eigenvalue weighted by molar-refractivity contribution is 0.0640. The molecule has 6 heteroatoms. The number of carbonyl (C=O) groups is 1. The van der Waals surface area contributed by atoms with Crippen LogP contribution in [0.2, 0.25) is 0 Å². The standard InChI is InChI=1S/C32H29N3O3/c1-3-27(34(22-23-14-6-4-7-15-23)31(36)24-16-8-5-9-17-24)30-33-26-19-11-10-18-25(26)32(37)35(30)28-20-12-13-21-29(28)38-2/h4-21,27H,3,22H2,1-2H3. The van der Waals surface area contributed by atoms with Gasteiger partial charge in [-0.2, -0.15) is 0 Å². The topological polar surface area (TPSA) is 64.4 Å². The molecule has 4 aromatic carbocycles. The summed E-state index contributed by atoms with van der Waals surface area (Å²) in [5, 5.41) is 0.501. The van der Waals surface area contributed by atoms with Gasteiger partial charge in [-0.1, -0.05) is 79.7 Å². The summed E-state index contributed by atoms with van der Waals surface area (Å²) in [7, 11) is 1.58. The zero-order chi connectivity index (χ0) is 26.5. The smallest absolute Gasteiger partial charge is 0.266 e. The summed E-state index contributed by atoms with van der Waals surface area (Å²) in [6, 6.07) is 33.3. The summed E-state index contributed by atoms with van der Waals surface area (Å²) in [5.41, 5.74) is 2.53. The van der Waals surface area contributed by atoms with E-state index < -0.39 is 6.04 Å². The Balaban J connectivity index is 1.76. The molecule has 0 aliphatic heterocycles. The third kappa shape index (κ3) is 4.81. The van der Waals surface area contributed by atoms with Crippen LogP contribution in [0, 0.1) is 0 Å². The van der Waals surface area contributed by atoms with Crippen LogP contribution in [0.5, 0.6) is 5.75 Å². The molecule has 6 nitrogen and oxygen atoms in total. The molecule has 1 aromatic heterocycles. The number of amides is 1. The number of methoxy groups -OCH3 is 1. The fourth-order valence-electron chi connectivity index (χ4n) is 4.81. The molecular formula is C32H29N3O3. The van der Waals surface area contributed by atoms with Crippen LogP contribution in [0.3, 0.4) is 0 Å². The van der Waals surface area contributed by atoms with Gasteiger partial charge in [-0.3, -0.25) is 14.2 Å². The molecule has 0 saturated heterocycles. The second-order valence-corrected chi connectivity index (χ2v) is 9.01. The average molecular weight is 504 g/mol. The lowest BCUT2D eigenvalue weighted by Crippen LogP contribution is -2.38. The van der Waals surface area contributed by atoms with Gasteiger partial charge in [0.1, 0.15) is 11.6 Å². The molecule has 0 N–H and O–H groups in total. The predicted molar refractivity (Wildman–Crippen MR) is 150 cm³/mol. The second-order valence-electron chi connectivity index (χ2n) is 9.01. The van der Waals surface area contributed by atoms with Gasteiger partial charge in [0.05, 0.1) is 29.7 Å². The summed E-state index contributed by atoms with van der Waals surface area (Å²) in [4.78, 5) is 34.9. The maximum Gasteiger partial charge on any atom is 0.266 e. The second kappa shape index (κ2) is 11.1. The van der Waals surface area contributed by atoms with E-state index in [2.05, 4.69) is 0 Å². The van der Waals surface area contributed by atoms with E-state index in [0.717, 1.165) is 5.56 Å². The molecule has 0 aliphatic carbocycles. The number of benzene rings is 4. The van der Waals surface area contributed by atoms with Gasteiger partial charge in [-0.25, -0.2) is 4.98 Å². The van der Waals surface area contributed by atoms with Gasteiger partial charge < -0.3 is 9.64 Å². The largest absolute Gasteiger partial charge is 0.495 e. The first-order valence-electron chi connectivity index (χ1n) is 12.7. The van der Waals surface area contributed by atoms with Crippen LogP contribution in [0.1, 0.15) is 41.1 Å². The summed E-state index contributed by atoms with van der Waals surface area (Å²) >= 11 is 0. The molecule has 1 atom stereocenters. The van der Waals surface area contributed by atoms with Crippen LogP contribution in [0.15, 0.2) is 114 Å². The molecule has 0 bridgehead atoms. The van der Waals surface area contributed by atoms with Gasteiger partial charge >= 0.3 is 0 Å². The molecule has 190 valence electrons. The average Bonchev–Trinajstić information content (AvgIpc) is 2.98. The van der Waals surface area contributed by atoms with E-state index in [1.807, 2.05) is 115 Å². The van der Waals surface area contributed by atoms with Crippen molar-refractivity contribution in [1.29, 1.82) is 0 Å². The Hall–Kier alpha value is -4.71. The Morgan fingerprint density at radius 3 is 2.21 bits per heavy atom. The summed E-state index contributed by atoms with van der Waals surface area (Å²) in [6.45, 7) is 2.37. The molecule has 1 unspecified atom stereocenters. The maximum atomic E-state index is 14.0. The number of fused-ring (bicyclic) bond motifs is 1. The minimum absolute atomic E-state index is 0.129. The van der Waals surface area contributed by atoms with Crippen molar-refractivity contribution in [2.24, 2.45) is 0 Å². The number of ether oxygens (including phenoxy) is 1. The third-order valence-corrected chi connectivity index (χ3v) is 6.67. The number of hydrogen-bond donors (Lipinski definition) is 0. The normalized spacial score (nSPS) is 11.7. The van der Waals surface area contributed by atoms with Gasteiger partial charge in [0.15, 0.2) is 0 Å². The van der Waals surface area contributed by atoms with Gasteiger partial charge in [0.25, 0.3) is 11.5 Å². The van der Waals surface area contributed by atoms with E-state index in [4.69, 9.17) is 9.72 Å². The van der Waals surface area contributed by atoms with Gasteiger partial charge in [-0.15, -0.1) is 0 Å². The molecule has 0 fully saturated rings. The van der Waals surface area contributed by atoms with Gasteiger partial charge in [0.2, 0.25) is 0 Å². The lowest BCUT2D eigenvalue weighted by Gasteiger charge is -2.33. The molecule has 5 rings (SSSR count). The van der Waals surface area contributed by atoms with E-state index >= 15 is 0 Å². The third-order valence-electron chi connectivity index (χ3n) is 6.67. The highest BCUT2D eigenvalue weighted by Gasteiger charge is 2.30. The van der Waals surface area contributed by atoms with E-state index in [0.29, 0.717) is 46.7 Å². The molecule has 1 heterocycles. The Kier molecular flexibility index (Phi) is 7.31. The van der Waals surface area contributed by atoms with Crippen molar-refractivity contribution in [3.63, 3.8) is 0 Å². The number of aromatic nitrogens is 2. The van der Waals surface area contributed by atoms with Crippen LogP contribution in [-0.2, 0) is 6.54 Å². The van der Waals surface area contributed by atoms with Crippen LogP contribution < -0.4 is 10.3 Å². The van der Waals surface area contributed by atoms with E-state index in [1.54, 1.807) is 17.7 Å².